The zero-order valence-electron chi connectivity index (χ0n) is 17.1. The smallest absolute Gasteiger partial charge is 0.267 e. The third-order valence-corrected chi connectivity index (χ3v) is 5.79. The zero-order chi connectivity index (χ0) is 21.9. The Morgan fingerprint density at radius 3 is 2.63 bits per heavy atom. The van der Waals surface area contributed by atoms with E-state index in [4.69, 9.17) is 4.74 Å². The molecule has 0 aromatic heterocycles. The van der Waals surface area contributed by atoms with Crippen LogP contribution in [0, 0.1) is 6.92 Å². The van der Waals surface area contributed by atoms with Crippen LogP contribution in [0.15, 0.2) is 42.5 Å². The van der Waals surface area contributed by atoms with Gasteiger partial charge in [-0.2, -0.15) is 0 Å². The van der Waals surface area contributed by atoms with Gasteiger partial charge in [0.25, 0.3) is 11.8 Å². The Hall–Kier alpha value is -3.07. The van der Waals surface area contributed by atoms with Gasteiger partial charge in [0.2, 0.25) is 10.0 Å². The van der Waals surface area contributed by atoms with Crippen LogP contribution in [0.1, 0.15) is 29.3 Å². The van der Waals surface area contributed by atoms with Crippen LogP contribution in [0.5, 0.6) is 5.75 Å². The first kappa shape index (κ1) is 21.6. The Morgan fingerprint density at radius 1 is 1.20 bits per heavy atom. The van der Waals surface area contributed by atoms with E-state index in [1.807, 2.05) is 13.8 Å². The predicted molar refractivity (Wildman–Crippen MR) is 115 cm³/mol. The molecule has 0 aliphatic carbocycles. The second-order valence-corrected chi connectivity index (χ2v) is 9.07. The molecule has 2 aromatic carbocycles. The molecule has 9 heteroatoms. The fourth-order valence-electron chi connectivity index (χ4n) is 3.15. The standard InChI is InChI=1S/C21H25N3O5S/c1-4-11-22-20(25)15-7-5-6-8-16(15)23-21(26)19-13-24(30(3,27)28)17-12-14(2)9-10-18(17)29-19/h5-10,12,19H,4,11,13H2,1-3H3,(H,22,25)(H,23,26). The summed E-state index contributed by atoms with van der Waals surface area (Å²) in [7, 11) is -3.62. The summed E-state index contributed by atoms with van der Waals surface area (Å²) in [6.45, 7) is 4.15. The molecule has 0 bridgehead atoms. The number of amides is 2. The number of aryl methyl sites for hydroxylation is 1. The van der Waals surface area contributed by atoms with E-state index in [0.29, 0.717) is 29.2 Å². The molecule has 160 valence electrons. The van der Waals surface area contributed by atoms with Gasteiger partial charge < -0.3 is 15.4 Å². The maximum absolute atomic E-state index is 12.9. The van der Waals surface area contributed by atoms with Crippen molar-refractivity contribution in [3.63, 3.8) is 0 Å². The number of anilines is 2. The van der Waals surface area contributed by atoms with Crippen LogP contribution in [0.2, 0.25) is 0 Å². The zero-order valence-corrected chi connectivity index (χ0v) is 18.0. The van der Waals surface area contributed by atoms with Crippen molar-refractivity contribution in [2.24, 2.45) is 0 Å². The number of nitrogens with zero attached hydrogens (tertiary/aromatic N) is 1. The minimum Gasteiger partial charge on any atom is -0.476 e. The highest BCUT2D eigenvalue weighted by molar-refractivity contribution is 7.92. The maximum Gasteiger partial charge on any atom is 0.267 e. The second kappa shape index (κ2) is 8.74. The number of ether oxygens (including phenoxy) is 1. The normalized spacial score (nSPS) is 15.7. The Balaban J connectivity index is 1.85. The lowest BCUT2D eigenvalue weighted by atomic mass is 10.1. The van der Waals surface area contributed by atoms with Gasteiger partial charge in [-0.05, 0) is 43.2 Å². The minimum absolute atomic E-state index is 0.161. The Kier molecular flexibility index (Phi) is 6.31. The van der Waals surface area contributed by atoms with Gasteiger partial charge in [-0.15, -0.1) is 0 Å². The molecule has 2 amide bonds. The fourth-order valence-corrected chi connectivity index (χ4v) is 4.06. The summed E-state index contributed by atoms with van der Waals surface area (Å²) < 4.78 is 31.6. The van der Waals surface area contributed by atoms with Crippen LogP contribution in [-0.4, -0.2) is 45.7 Å². The summed E-state index contributed by atoms with van der Waals surface area (Å²) >= 11 is 0. The first-order valence-corrected chi connectivity index (χ1v) is 11.5. The van der Waals surface area contributed by atoms with E-state index in [1.165, 1.54) is 4.31 Å². The number of nitrogens with one attached hydrogen (secondary N) is 2. The summed E-state index contributed by atoms with van der Waals surface area (Å²) in [4.78, 5) is 25.3. The third kappa shape index (κ3) is 4.73. The summed E-state index contributed by atoms with van der Waals surface area (Å²) in [6.07, 6.45) is 0.810. The van der Waals surface area contributed by atoms with Crippen molar-refractivity contribution in [1.82, 2.24) is 5.32 Å². The Bertz CT molecular complexity index is 1070. The fraction of sp³-hybridized carbons (Fsp3) is 0.333. The molecule has 1 atom stereocenters. The molecule has 1 unspecified atom stereocenters. The van der Waals surface area contributed by atoms with Crippen molar-refractivity contribution in [3.05, 3.63) is 53.6 Å². The molecule has 0 radical (unpaired) electrons. The molecular formula is C21H25N3O5S. The van der Waals surface area contributed by atoms with Crippen LogP contribution in [0.25, 0.3) is 0 Å². The maximum atomic E-state index is 12.9. The lowest BCUT2D eigenvalue weighted by molar-refractivity contribution is -0.122. The number of rotatable bonds is 6. The van der Waals surface area contributed by atoms with E-state index in [2.05, 4.69) is 10.6 Å². The number of para-hydroxylation sites is 1. The molecule has 2 N–H and O–H groups in total. The molecular weight excluding hydrogens is 406 g/mol. The number of carbonyl (C=O) groups excluding carboxylic acids is 2. The molecule has 0 fully saturated rings. The summed E-state index contributed by atoms with van der Waals surface area (Å²) in [5.74, 6) is -0.520. The van der Waals surface area contributed by atoms with Crippen molar-refractivity contribution < 1.29 is 22.7 Å². The molecule has 30 heavy (non-hydrogen) atoms. The van der Waals surface area contributed by atoms with E-state index < -0.39 is 22.0 Å². The highest BCUT2D eigenvalue weighted by Gasteiger charge is 2.35. The predicted octanol–water partition coefficient (Wildman–Crippen LogP) is 2.30. The van der Waals surface area contributed by atoms with E-state index in [-0.39, 0.29) is 12.5 Å². The molecule has 1 aliphatic heterocycles. The topological polar surface area (TPSA) is 105 Å². The van der Waals surface area contributed by atoms with Crippen LogP contribution in [-0.2, 0) is 14.8 Å². The van der Waals surface area contributed by atoms with E-state index >= 15 is 0 Å². The van der Waals surface area contributed by atoms with Crippen molar-refractivity contribution in [3.8, 4) is 5.75 Å². The van der Waals surface area contributed by atoms with Gasteiger partial charge in [0.15, 0.2) is 6.10 Å². The second-order valence-electron chi connectivity index (χ2n) is 7.16. The number of carbonyl (C=O) groups is 2. The van der Waals surface area contributed by atoms with Gasteiger partial charge in [-0.3, -0.25) is 13.9 Å². The van der Waals surface area contributed by atoms with Crippen LogP contribution in [0.4, 0.5) is 11.4 Å². The van der Waals surface area contributed by atoms with Crippen molar-refractivity contribution in [2.45, 2.75) is 26.4 Å². The summed E-state index contributed by atoms with van der Waals surface area (Å²) in [5, 5.41) is 5.48. The first-order chi connectivity index (χ1) is 14.2. The number of hydrogen-bond acceptors (Lipinski definition) is 5. The molecule has 0 saturated heterocycles. The first-order valence-electron chi connectivity index (χ1n) is 9.64. The van der Waals surface area contributed by atoms with Crippen molar-refractivity contribution in [2.75, 3.05) is 29.0 Å². The van der Waals surface area contributed by atoms with E-state index in [9.17, 15) is 18.0 Å². The van der Waals surface area contributed by atoms with Gasteiger partial charge in [0.05, 0.1) is 29.7 Å². The van der Waals surface area contributed by atoms with Gasteiger partial charge in [-0.1, -0.05) is 25.1 Å². The average molecular weight is 432 g/mol. The van der Waals surface area contributed by atoms with E-state index in [0.717, 1.165) is 18.2 Å². The van der Waals surface area contributed by atoms with Gasteiger partial charge in [0.1, 0.15) is 5.75 Å². The average Bonchev–Trinajstić information content (AvgIpc) is 2.70. The van der Waals surface area contributed by atoms with Crippen LogP contribution in [0.3, 0.4) is 0 Å². The number of fused-ring (bicyclic) bond motifs is 1. The van der Waals surface area contributed by atoms with Gasteiger partial charge in [-0.25, -0.2) is 8.42 Å². The Labute approximate surface area is 176 Å². The van der Waals surface area contributed by atoms with Crippen molar-refractivity contribution in [1.29, 1.82) is 0 Å². The van der Waals surface area contributed by atoms with Gasteiger partial charge >= 0.3 is 0 Å². The molecule has 0 saturated carbocycles. The number of benzene rings is 2. The van der Waals surface area contributed by atoms with Crippen LogP contribution >= 0.6 is 0 Å². The van der Waals surface area contributed by atoms with Crippen molar-refractivity contribution >= 4 is 33.2 Å². The Morgan fingerprint density at radius 2 is 1.93 bits per heavy atom. The highest BCUT2D eigenvalue weighted by atomic mass is 32.2. The molecule has 8 nitrogen and oxygen atoms in total. The molecule has 1 heterocycles. The third-order valence-electron chi connectivity index (χ3n) is 4.64. The SMILES string of the molecule is CCCNC(=O)c1ccccc1NC(=O)C1CN(S(C)(=O)=O)c2cc(C)ccc2O1. The number of sulfonamides is 1. The lowest BCUT2D eigenvalue weighted by Crippen LogP contribution is -2.48. The largest absolute Gasteiger partial charge is 0.476 e. The highest BCUT2D eigenvalue weighted by Crippen LogP contribution is 2.36. The quantitative estimate of drug-likeness (QED) is 0.730. The molecule has 2 aromatic rings. The monoisotopic (exact) mass is 431 g/mol. The lowest BCUT2D eigenvalue weighted by Gasteiger charge is -2.34. The summed E-state index contributed by atoms with van der Waals surface area (Å²) in [6, 6.07) is 11.8. The minimum atomic E-state index is -3.62. The van der Waals surface area contributed by atoms with Gasteiger partial charge in [0, 0.05) is 6.54 Å². The molecule has 1 aliphatic rings. The molecule has 3 rings (SSSR count). The van der Waals surface area contributed by atoms with Crippen LogP contribution < -0.4 is 19.7 Å². The van der Waals surface area contributed by atoms with E-state index in [1.54, 1.807) is 42.5 Å². The molecule has 0 spiro atoms. The summed E-state index contributed by atoms with van der Waals surface area (Å²) in [5.41, 5.74) is 1.94. The number of hydrogen-bond donors (Lipinski definition) is 2.